The molecule has 4 aromatic rings. The number of anilines is 1. The van der Waals surface area contributed by atoms with Crippen molar-refractivity contribution in [2.24, 2.45) is 16.7 Å². The molecule has 1 N–H and O–H groups in total. The normalized spacial score (nSPS) is 24.7. The fourth-order valence-corrected chi connectivity index (χ4v) is 13.3. The summed E-state index contributed by atoms with van der Waals surface area (Å²) in [5, 5.41) is 2.40. The number of nitrogens with one attached hydrogen (secondary N) is 1. The van der Waals surface area contributed by atoms with Crippen molar-refractivity contribution in [2.45, 2.75) is 141 Å². The van der Waals surface area contributed by atoms with E-state index in [1.165, 1.54) is 29.6 Å². The molecule has 1 spiro atoms. The molecule has 1 aliphatic carbocycles. The first-order valence-electron chi connectivity index (χ1n) is 26.3. The Labute approximate surface area is 420 Å². The smallest absolute Gasteiger partial charge is 0.395 e. The second-order valence-electron chi connectivity index (χ2n) is 23.2. The first-order chi connectivity index (χ1) is 34.3. The SMILES string of the molecule is COc1ccc([C@]2(CCN(Cc3ccc(C4=CC[C@H](CN5CCC6(CCc7ccc8c9c7N(CCn9c(=O)n8C7CCC(=O)NC7=O)C6=O)CC5)CC4)cc3)CC(C)(C)C(F)(F)F)CCOC(C)(C)C2)cc1. The van der Waals surface area contributed by atoms with E-state index in [1.54, 1.807) is 11.7 Å². The zero-order valence-electron chi connectivity index (χ0n) is 42.7. The summed E-state index contributed by atoms with van der Waals surface area (Å²) in [7, 11) is 1.65. The lowest BCUT2D eigenvalue weighted by atomic mass is 9.67. The molecule has 386 valence electrons. The lowest BCUT2D eigenvalue weighted by molar-refractivity contribution is -0.217. The highest BCUT2D eigenvalue weighted by atomic mass is 19.4. The molecule has 0 radical (unpaired) electrons. The molecule has 0 bridgehead atoms. The number of aromatic nitrogens is 2. The average Bonchev–Trinajstić information content (AvgIpc) is 3.57. The van der Waals surface area contributed by atoms with Crippen LogP contribution in [0, 0.1) is 16.7 Å². The van der Waals surface area contributed by atoms with Crippen LogP contribution in [0.15, 0.2) is 71.5 Å². The van der Waals surface area contributed by atoms with E-state index in [4.69, 9.17) is 9.47 Å². The van der Waals surface area contributed by atoms with Gasteiger partial charge in [0, 0.05) is 51.2 Å². The number of allylic oxidation sites excluding steroid dienone is 2. The number of hydrogen-bond acceptors (Lipinski definition) is 8. The molecular weight excluding hydrogens is 922 g/mol. The number of piperidine rings is 2. The number of methoxy groups -OCH3 is 1. The Morgan fingerprint density at radius 3 is 2.28 bits per heavy atom. The monoisotopic (exact) mass is 993 g/mol. The van der Waals surface area contributed by atoms with Gasteiger partial charge in [-0.1, -0.05) is 48.5 Å². The Kier molecular flexibility index (Phi) is 13.4. The van der Waals surface area contributed by atoms with Crippen LogP contribution in [0.25, 0.3) is 16.6 Å². The van der Waals surface area contributed by atoms with Gasteiger partial charge in [-0.15, -0.1) is 0 Å². The van der Waals surface area contributed by atoms with Crippen molar-refractivity contribution in [3.8, 4) is 5.75 Å². The minimum Gasteiger partial charge on any atom is -0.497 e. The number of imide groups is 1. The highest BCUT2D eigenvalue weighted by Gasteiger charge is 2.50. The van der Waals surface area contributed by atoms with Crippen LogP contribution in [0.1, 0.15) is 127 Å². The third kappa shape index (κ3) is 9.58. The third-order valence-electron chi connectivity index (χ3n) is 17.5. The van der Waals surface area contributed by atoms with Crippen molar-refractivity contribution < 1.29 is 37.0 Å². The molecule has 3 aromatic carbocycles. The van der Waals surface area contributed by atoms with Crippen LogP contribution in [0.3, 0.4) is 0 Å². The fourth-order valence-electron chi connectivity index (χ4n) is 13.3. The summed E-state index contributed by atoms with van der Waals surface area (Å²) in [4.78, 5) is 59.9. The van der Waals surface area contributed by atoms with Gasteiger partial charge in [0.05, 0.1) is 40.3 Å². The number of rotatable bonds is 13. The molecule has 3 atom stereocenters. The number of likely N-dealkylation sites (tertiary alicyclic amines) is 1. The lowest BCUT2D eigenvalue weighted by Gasteiger charge is -2.46. The first kappa shape index (κ1) is 50.3. The van der Waals surface area contributed by atoms with Gasteiger partial charge < -0.3 is 19.3 Å². The van der Waals surface area contributed by atoms with E-state index in [9.17, 15) is 32.3 Å². The van der Waals surface area contributed by atoms with Crippen LogP contribution in [-0.4, -0.2) is 101 Å². The number of alkyl halides is 3. The molecule has 15 heteroatoms. The van der Waals surface area contributed by atoms with Crippen molar-refractivity contribution in [1.82, 2.24) is 24.3 Å². The Hall–Kier alpha value is -5.25. The van der Waals surface area contributed by atoms with Gasteiger partial charge in [-0.25, -0.2) is 4.79 Å². The predicted molar refractivity (Wildman–Crippen MR) is 272 cm³/mol. The maximum atomic E-state index is 14.7. The highest BCUT2D eigenvalue weighted by Crippen LogP contribution is 2.48. The van der Waals surface area contributed by atoms with Crippen LogP contribution in [-0.2, 0) is 44.0 Å². The van der Waals surface area contributed by atoms with E-state index in [-0.39, 0.29) is 47.9 Å². The quantitative estimate of drug-likeness (QED) is 0.132. The Bertz CT molecular complexity index is 2800. The van der Waals surface area contributed by atoms with E-state index in [0.717, 1.165) is 106 Å². The van der Waals surface area contributed by atoms with Crippen molar-refractivity contribution in [1.29, 1.82) is 0 Å². The molecule has 0 saturated carbocycles. The van der Waals surface area contributed by atoms with Crippen LogP contribution < -0.4 is 20.6 Å². The van der Waals surface area contributed by atoms with Crippen LogP contribution in [0.5, 0.6) is 5.75 Å². The summed E-state index contributed by atoms with van der Waals surface area (Å²) in [5.41, 5.74) is 4.59. The summed E-state index contributed by atoms with van der Waals surface area (Å²) in [5.74, 6) is 0.630. The average molecular weight is 993 g/mol. The van der Waals surface area contributed by atoms with E-state index in [1.807, 2.05) is 34.1 Å². The molecule has 1 aromatic heterocycles. The molecule has 5 aliphatic heterocycles. The van der Waals surface area contributed by atoms with Gasteiger partial charge in [-0.05, 0) is 170 Å². The Morgan fingerprint density at radius 2 is 1.61 bits per heavy atom. The standard InChI is InChI=1S/C57H71F3N6O6/c1-53(2,57(58,59)60)37-63(30-26-56(27-33-72-54(3,4)36-56)43-15-17-44(71-5)18-16-43)35-39-8-12-41(13-9-39)40-10-6-38(7-11-40)34-62-28-24-55(25-29-62)23-22-42-14-19-45-49-48(42)64(51(55)69)31-32-65(49)52(70)66(45)46-20-21-47(67)61-50(46)68/h8-10,12-19,38,46H,6-7,11,20-37H2,1-5H3,(H,61,67,68)/t38-,46?,56+/m0/s1. The van der Waals surface area contributed by atoms with Crippen molar-refractivity contribution >= 4 is 40.0 Å². The highest BCUT2D eigenvalue weighted by molar-refractivity contribution is 6.07. The minimum atomic E-state index is -4.35. The largest absolute Gasteiger partial charge is 0.497 e. The number of aryl methyl sites for hydroxylation is 1. The van der Waals surface area contributed by atoms with Crippen LogP contribution in [0.2, 0.25) is 0 Å². The Balaban J connectivity index is 0.767. The summed E-state index contributed by atoms with van der Waals surface area (Å²) < 4.78 is 58.2. The molecule has 3 amide bonds. The fraction of sp³-hybridized carbons (Fsp3) is 0.579. The molecule has 3 saturated heterocycles. The molecule has 72 heavy (non-hydrogen) atoms. The van der Waals surface area contributed by atoms with Gasteiger partial charge in [0.25, 0.3) is 0 Å². The maximum Gasteiger partial charge on any atom is 0.395 e. The lowest BCUT2D eigenvalue weighted by Crippen LogP contribution is -2.52. The van der Waals surface area contributed by atoms with Gasteiger partial charge in [0.2, 0.25) is 17.7 Å². The molecular formula is C57H71F3N6O6. The maximum absolute atomic E-state index is 14.7. The number of halogens is 3. The Morgan fingerprint density at radius 1 is 0.861 bits per heavy atom. The number of imidazole rings is 1. The molecule has 10 rings (SSSR count). The zero-order chi connectivity index (χ0) is 50.8. The number of nitrogens with zero attached hydrogens (tertiary/aromatic N) is 5. The molecule has 3 fully saturated rings. The number of amides is 3. The summed E-state index contributed by atoms with van der Waals surface area (Å²) in [6.07, 6.45) is 6.77. The number of hydrogen-bond donors (Lipinski definition) is 1. The van der Waals surface area contributed by atoms with Gasteiger partial charge in [-0.2, -0.15) is 13.2 Å². The van der Waals surface area contributed by atoms with Gasteiger partial charge in [0.15, 0.2) is 0 Å². The number of carbonyl (C=O) groups excluding carboxylic acids is 3. The molecule has 6 heterocycles. The molecule has 12 nitrogen and oxygen atoms in total. The third-order valence-corrected chi connectivity index (χ3v) is 17.5. The second kappa shape index (κ2) is 19.2. The summed E-state index contributed by atoms with van der Waals surface area (Å²) in [6, 6.07) is 19.8. The van der Waals surface area contributed by atoms with Gasteiger partial charge in [-0.3, -0.25) is 33.7 Å². The summed E-state index contributed by atoms with van der Waals surface area (Å²) in [6.45, 7) is 11.7. The number of benzene rings is 3. The topological polar surface area (TPSA) is 118 Å². The van der Waals surface area contributed by atoms with E-state index in [2.05, 4.69) is 66.5 Å². The number of ether oxygens (including phenoxy) is 2. The molecule has 6 aliphatic rings. The van der Waals surface area contributed by atoms with E-state index >= 15 is 0 Å². The summed E-state index contributed by atoms with van der Waals surface area (Å²) >= 11 is 0. The van der Waals surface area contributed by atoms with E-state index in [0.29, 0.717) is 56.2 Å². The van der Waals surface area contributed by atoms with Gasteiger partial charge in [0.1, 0.15) is 11.8 Å². The van der Waals surface area contributed by atoms with Crippen LogP contribution in [0.4, 0.5) is 18.9 Å². The van der Waals surface area contributed by atoms with Crippen molar-refractivity contribution in [3.05, 3.63) is 99.5 Å². The second-order valence-corrected chi connectivity index (χ2v) is 23.2. The zero-order valence-corrected chi connectivity index (χ0v) is 42.7. The predicted octanol–water partition coefficient (Wildman–Crippen LogP) is 9.36. The van der Waals surface area contributed by atoms with Gasteiger partial charge >= 0.3 is 11.9 Å². The minimum absolute atomic E-state index is 0.108. The van der Waals surface area contributed by atoms with Crippen molar-refractivity contribution in [3.63, 3.8) is 0 Å². The van der Waals surface area contributed by atoms with Crippen LogP contribution >= 0.6 is 0 Å². The van der Waals surface area contributed by atoms with Crippen molar-refractivity contribution in [2.75, 3.05) is 57.9 Å². The first-order valence-corrected chi connectivity index (χ1v) is 26.3. The molecule has 1 unspecified atom stereocenters. The van der Waals surface area contributed by atoms with E-state index < -0.39 is 29.0 Å². The number of carbonyl (C=O) groups is 3.